The molecule has 0 bridgehead atoms. The summed E-state index contributed by atoms with van der Waals surface area (Å²) < 4.78 is 5.45. The predicted octanol–water partition coefficient (Wildman–Crippen LogP) is 1.16. The fraction of sp³-hybridized carbons (Fsp3) is 0.923. The maximum atomic E-state index is 11.3. The van der Waals surface area contributed by atoms with Gasteiger partial charge in [0.2, 0.25) is 5.91 Å². The van der Waals surface area contributed by atoms with Gasteiger partial charge in [-0.3, -0.25) is 4.79 Å². The van der Waals surface area contributed by atoms with Crippen molar-refractivity contribution >= 4 is 5.91 Å². The molecule has 0 saturated heterocycles. The van der Waals surface area contributed by atoms with Crippen LogP contribution in [0, 0.1) is 11.8 Å². The highest BCUT2D eigenvalue weighted by molar-refractivity contribution is 5.77. The molecule has 0 heterocycles. The molecule has 17 heavy (non-hydrogen) atoms. The van der Waals surface area contributed by atoms with Crippen molar-refractivity contribution in [2.75, 3.05) is 32.8 Å². The number of hydrogen-bond acceptors (Lipinski definition) is 3. The van der Waals surface area contributed by atoms with Crippen LogP contribution in [-0.2, 0) is 9.53 Å². The second-order valence-corrected chi connectivity index (χ2v) is 5.25. The van der Waals surface area contributed by atoms with Gasteiger partial charge < -0.3 is 15.4 Å². The van der Waals surface area contributed by atoms with Crippen molar-refractivity contribution in [2.45, 2.75) is 33.1 Å². The molecule has 1 amide bonds. The first-order valence-corrected chi connectivity index (χ1v) is 6.73. The summed E-state index contributed by atoms with van der Waals surface area (Å²) in [6.45, 7) is 8.01. The summed E-state index contributed by atoms with van der Waals surface area (Å²) in [4.78, 5) is 11.3. The van der Waals surface area contributed by atoms with Crippen molar-refractivity contribution in [3.05, 3.63) is 0 Å². The van der Waals surface area contributed by atoms with E-state index in [0.29, 0.717) is 12.5 Å². The Labute approximate surface area is 104 Å². The minimum Gasteiger partial charge on any atom is -0.381 e. The topological polar surface area (TPSA) is 50.4 Å². The molecule has 0 aromatic heterocycles. The van der Waals surface area contributed by atoms with Gasteiger partial charge in [0.05, 0.1) is 6.54 Å². The van der Waals surface area contributed by atoms with Crippen molar-refractivity contribution in [1.82, 2.24) is 10.6 Å². The standard InChI is InChI=1S/C13H26N2O2/c1-11(2)10-17-7-3-6-14-9-13(16)15-8-12-4-5-12/h11-12,14H,3-10H2,1-2H3,(H,15,16). The Balaban J connectivity index is 1.77. The number of carbonyl (C=O) groups excluding carboxylic acids is 1. The van der Waals surface area contributed by atoms with Crippen LogP contribution in [0.25, 0.3) is 0 Å². The monoisotopic (exact) mass is 242 g/mol. The lowest BCUT2D eigenvalue weighted by Gasteiger charge is -2.08. The molecule has 0 radical (unpaired) electrons. The molecule has 1 fully saturated rings. The molecular weight excluding hydrogens is 216 g/mol. The number of carbonyl (C=O) groups is 1. The van der Waals surface area contributed by atoms with Crippen molar-refractivity contribution in [3.8, 4) is 0 Å². The lowest BCUT2D eigenvalue weighted by molar-refractivity contribution is -0.120. The smallest absolute Gasteiger partial charge is 0.233 e. The molecule has 2 N–H and O–H groups in total. The summed E-state index contributed by atoms with van der Waals surface area (Å²) >= 11 is 0. The summed E-state index contributed by atoms with van der Waals surface area (Å²) in [6.07, 6.45) is 3.52. The molecule has 0 atom stereocenters. The van der Waals surface area contributed by atoms with Crippen molar-refractivity contribution in [2.24, 2.45) is 11.8 Å². The maximum absolute atomic E-state index is 11.3. The fourth-order valence-corrected chi connectivity index (χ4v) is 1.46. The first kappa shape index (κ1) is 14.5. The van der Waals surface area contributed by atoms with Gasteiger partial charge in [-0.05, 0) is 37.6 Å². The zero-order valence-corrected chi connectivity index (χ0v) is 11.1. The summed E-state index contributed by atoms with van der Waals surface area (Å²) in [6, 6.07) is 0. The maximum Gasteiger partial charge on any atom is 0.233 e. The van der Waals surface area contributed by atoms with E-state index in [-0.39, 0.29) is 5.91 Å². The molecule has 1 saturated carbocycles. The molecule has 1 aliphatic rings. The van der Waals surface area contributed by atoms with E-state index in [1.807, 2.05) is 0 Å². The van der Waals surface area contributed by atoms with Crippen LogP contribution in [-0.4, -0.2) is 38.8 Å². The van der Waals surface area contributed by atoms with Crippen LogP contribution in [0.5, 0.6) is 0 Å². The highest BCUT2D eigenvalue weighted by Gasteiger charge is 2.21. The second-order valence-electron chi connectivity index (χ2n) is 5.25. The largest absolute Gasteiger partial charge is 0.381 e. The lowest BCUT2D eigenvalue weighted by Crippen LogP contribution is -2.35. The van der Waals surface area contributed by atoms with E-state index in [1.165, 1.54) is 12.8 Å². The van der Waals surface area contributed by atoms with E-state index in [9.17, 15) is 4.79 Å². The third kappa shape index (κ3) is 9.12. The van der Waals surface area contributed by atoms with E-state index in [0.717, 1.165) is 38.6 Å². The third-order valence-electron chi connectivity index (χ3n) is 2.66. The van der Waals surface area contributed by atoms with Crippen LogP contribution < -0.4 is 10.6 Å². The number of ether oxygens (including phenoxy) is 1. The SMILES string of the molecule is CC(C)COCCCNCC(=O)NCC1CC1. The molecule has 0 unspecified atom stereocenters. The Hall–Kier alpha value is -0.610. The van der Waals surface area contributed by atoms with E-state index in [2.05, 4.69) is 24.5 Å². The molecule has 0 aromatic rings. The van der Waals surface area contributed by atoms with Gasteiger partial charge in [-0.25, -0.2) is 0 Å². The molecule has 1 rings (SSSR count). The van der Waals surface area contributed by atoms with Gasteiger partial charge >= 0.3 is 0 Å². The summed E-state index contributed by atoms with van der Waals surface area (Å²) in [5.74, 6) is 1.46. The van der Waals surface area contributed by atoms with Gasteiger partial charge in [-0.15, -0.1) is 0 Å². The van der Waals surface area contributed by atoms with Crippen LogP contribution in [0.1, 0.15) is 33.1 Å². The Bertz CT molecular complexity index is 215. The van der Waals surface area contributed by atoms with Crippen LogP contribution in [0.2, 0.25) is 0 Å². The van der Waals surface area contributed by atoms with Crippen LogP contribution >= 0.6 is 0 Å². The first-order chi connectivity index (χ1) is 8.18. The first-order valence-electron chi connectivity index (χ1n) is 6.73. The Morgan fingerprint density at radius 2 is 2.18 bits per heavy atom. The summed E-state index contributed by atoms with van der Waals surface area (Å²) in [5.41, 5.74) is 0. The highest BCUT2D eigenvalue weighted by atomic mass is 16.5. The summed E-state index contributed by atoms with van der Waals surface area (Å²) in [7, 11) is 0. The predicted molar refractivity (Wildman–Crippen MR) is 68.9 cm³/mol. The van der Waals surface area contributed by atoms with E-state index < -0.39 is 0 Å². The zero-order chi connectivity index (χ0) is 12.5. The number of hydrogen-bond donors (Lipinski definition) is 2. The molecule has 0 aromatic carbocycles. The zero-order valence-electron chi connectivity index (χ0n) is 11.1. The van der Waals surface area contributed by atoms with E-state index >= 15 is 0 Å². The fourth-order valence-electron chi connectivity index (χ4n) is 1.46. The van der Waals surface area contributed by atoms with Gasteiger partial charge in [-0.1, -0.05) is 13.8 Å². The van der Waals surface area contributed by atoms with Crippen LogP contribution in [0.3, 0.4) is 0 Å². The quantitative estimate of drug-likeness (QED) is 0.565. The van der Waals surface area contributed by atoms with Crippen molar-refractivity contribution in [3.63, 3.8) is 0 Å². The molecule has 0 aliphatic heterocycles. The highest BCUT2D eigenvalue weighted by Crippen LogP contribution is 2.27. The number of nitrogens with one attached hydrogen (secondary N) is 2. The van der Waals surface area contributed by atoms with Gasteiger partial charge in [0.15, 0.2) is 0 Å². The Kier molecular flexibility index (Phi) is 7.21. The Morgan fingerprint density at radius 3 is 2.82 bits per heavy atom. The van der Waals surface area contributed by atoms with Crippen molar-refractivity contribution < 1.29 is 9.53 Å². The van der Waals surface area contributed by atoms with E-state index in [4.69, 9.17) is 4.74 Å². The minimum absolute atomic E-state index is 0.111. The normalized spacial score (nSPS) is 15.2. The minimum atomic E-state index is 0.111. The van der Waals surface area contributed by atoms with Gasteiger partial charge in [0.25, 0.3) is 0 Å². The average molecular weight is 242 g/mol. The summed E-state index contributed by atoms with van der Waals surface area (Å²) in [5, 5.41) is 6.05. The van der Waals surface area contributed by atoms with Crippen molar-refractivity contribution in [1.29, 1.82) is 0 Å². The van der Waals surface area contributed by atoms with Crippen LogP contribution in [0.4, 0.5) is 0 Å². The molecule has 100 valence electrons. The van der Waals surface area contributed by atoms with Gasteiger partial charge in [0.1, 0.15) is 0 Å². The number of amides is 1. The number of rotatable bonds is 10. The molecule has 0 spiro atoms. The molecule has 4 nitrogen and oxygen atoms in total. The molecule has 1 aliphatic carbocycles. The van der Waals surface area contributed by atoms with E-state index in [1.54, 1.807) is 0 Å². The lowest BCUT2D eigenvalue weighted by atomic mass is 10.2. The average Bonchev–Trinajstić information content (AvgIpc) is 3.08. The third-order valence-corrected chi connectivity index (χ3v) is 2.66. The molecule has 4 heteroatoms. The second kappa shape index (κ2) is 8.48. The Morgan fingerprint density at radius 1 is 1.41 bits per heavy atom. The van der Waals surface area contributed by atoms with Gasteiger partial charge in [0, 0.05) is 19.8 Å². The van der Waals surface area contributed by atoms with Gasteiger partial charge in [-0.2, -0.15) is 0 Å². The molecular formula is C13H26N2O2. The van der Waals surface area contributed by atoms with Crippen LogP contribution in [0.15, 0.2) is 0 Å².